The highest BCUT2D eigenvalue weighted by Gasteiger charge is 2.13. The monoisotopic (exact) mass is 268 g/mol. The zero-order chi connectivity index (χ0) is 13.9. The van der Waals surface area contributed by atoms with Gasteiger partial charge in [-0.05, 0) is 25.1 Å². The van der Waals surface area contributed by atoms with Crippen LogP contribution in [0, 0.1) is 17.2 Å². The second-order valence-electron chi connectivity index (χ2n) is 4.18. The van der Waals surface area contributed by atoms with E-state index in [4.69, 9.17) is 16.1 Å². The van der Waals surface area contributed by atoms with Crippen LogP contribution in [0.25, 0.3) is 0 Å². The number of anilines is 2. The van der Waals surface area contributed by atoms with Crippen molar-refractivity contribution in [1.29, 1.82) is 5.26 Å². The van der Waals surface area contributed by atoms with E-state index >= 15 is 0 Å². The molecule has 0 aliphatic carbocycles. The molecule has 0 aliphatic heterocycles. The number of hydrogen-bond acceptors (Lipinski definition) is 5. The van der Waals surface area contributed by atoms with Crippen LogP contribution in [-0.2, 0) is 10.0 Å². The number of benzene rings is 1. The van der Waals surface area contributed by atoms with Crippen LogP contribution in [0.3, 0.4) is 0 Å². The molecule has 0 aromatic heterocycles. The molecule has 0 fully saturated rings. The molecule has 1 unspecified atom stereocenters. The second-order valence-corrected chi connectivity index (χ2v) is 5.74. The van der Waals surface area contributed by atoms with Crippen molar-refractivity contribution in [2.45, 2.75) is 11.8 Å². The van der Waals surface area contributed by atoms with Crippen LogP contribution in [0.15, 0.2) is 23.1 Å². The molecule has 1 rings (SSSR count). The number of nitrogens with zero attached hydrogens (tertiary/aromatic N) is 2. The molecule has 0 amide bonds. The van der Waals surface area contributed by atoms with Crippen molar-refractivity contribution in [3.05, 3.63) is 18.2 Å². The summed E-state index contributed by atoms with van der Waals surface area (Å²) in [5, 5.41) is 13.8. The van der Waals surface area contributed by atoms with Crippen molar-refractivity contribution >= 4 is 21.4 Å². The average Bonchev–Trinajstić information content (AvgIpc) is 2.27. The van der Waals surface area contributed by atoms with Gasteiger partial charge in [-0.3, -0.25) is 0 Å². The third kappa shape index (κ3) is 3.35. The van der Waals surface area contributed by atoms with Crippen molar-refractivity contribution in [3.63, 3.8) is 0 Å². The molecule has 0 saturated heterocycles. The molecule has 4 N–H and O–H groups in total. The minimum atomic E-state index is -3.75. The summed E-state index contributed by atoms with van der Waals surface area (Å²) in [6.07, 6.45) is 0. The van der Waals surface area contributed by atoms with Gasteiger partial charge < -0.3 is 10.6 Å². The summed E-state index contributed by atoms with van der Waals surface area (Å²) in [6, 6.07) is 6.42. The topological polar surface area (TPSA) is 113 Å². The third-order valence-electron chi connectivity index (χ3n) is 2.51. The van der Waals surface area contributed by atoms with E-state index in [1.165, 1.54) is 12.1 Å². The highest BCUT2D eigenvalue weighted by atomic mass is 32.2. The molecule has 0 aliphatic rings. The Kier molecular flexibility index (Phi) is 4.16. The number of nitrogen functional groups attached to an aromatic ring is 1. The smallest absolute Gasteiger partial charge is 0.238 e. The van der Waals surface area contributed by atoms with Crippen molar-refractivity contribution in [1.82, 2.24) is 0 Å². The molecule has 0 radical (unpaired) electrons. The number of nitriles is 1. The molecule has 0 heterocycles. The van der Waals surface area contributed by atoms with Gasteiger partial charge in [0.05, 0.1) is 28.3 Å². The Bertz CT molecular complexity index is 577. The SMILES string of the molecule is CC(C#N)CN(C)c1ccc(S(N)(=O)=O)cc1N. The van der Waals surface area contributed by atoms with Gasteiger partial charge in [-0.15, -0.1) is 0 Å². The summed E-state index contributed by atoms with van der Waals surface area (Å²) >= 11 is 0. The lowest BCUT2D eigenvalue weighted by atomic mass is 10.2. The number of hydrogen-bond donors (Lipinski definition) is 2. The first kappa shape index (κ1) is 14.3. The minimum absolute atomic E-state index is 0.0227. The summed E-state index contributed by atoms with van der Waals surface area (Å²) in [5.41, 5.74) is 6.78. The van der Waals surface area contributed by atoms with Crippen LogP contribution in [-0.4, -0.2) is 22.0 Å². The lowest BCUT2D eigenvalue weighted by Crippen LogP contribution is -2.24. The maximum atomic E-state index is 11.2. The van der Waals surface area contributed by atoms with Gasteiger partial charge in [0.25, 0.3) is 0 Å². The Hall–Kier alpha value is -1.78. The van der Waals surface area contributed by atoms with Gasteiger partial charge in [0.15, 0.2) is 0 Å². The van der Waals surface area contributed by atoms with Crippen LogP contribution < -0.4 is 15.8 Å². The molecule has 0 saturated carbocycles. The average molecular weight is 268 g/mol. The van der Waals surface area contributed by atoms with Crippen LogP contribution >= 0.6 is 0 Å². The molecule has 1 aromatic carbocycles. The molecule has 1 atom stereocenters. The Morgan fingerprint density at radius 3 is 2.56 bits per heavy atom. The summed E-state index contributed by atoms with van der Waals surface area (Å²) in [5.74, 6) is -0.146. The molecule has 6 nitrogen and oxygen atoms in total. The Labute approximate surface area is 107 Å². The van der Waals surface area contributed by atoms with E-state index in [-0.39, 0.29) is 10.8 Å². The molecular weight excluding hydrogens is 252 g/mol. The molecule has 0 bridgehead atoms. The third-order valence-corrected chi connectivity index (χ3v) is 3.42. The largest absolute Gasteiger partial charge is 0.397 e. The highest BCUT2D eigenvalue weighted by molar-refractivity contribution is 7.89. The minimum Gasteiger partial charge on any atom is -0.397 e. The quantitative estimate of drug-likeness (QED) is 0.772. The first-order valence-corrected chi connectivity index (χ1v) is 6.83. The van der Waals surface area contributed by atoms with E-state index in [9.17, 15) is 8.42 Å². The fourth-order valence-electron chi connectivity index (χ4n) is 1.61. The Morgan fingerprint density at radius 2 is 2.11 bits per heavy atom. The molecule has 18 heavy (non-hydrogen) atoms. The Balaban J connectivity index is 3.04. The zero-order valence-electron chi connectivity index (χ0n) is 10.3. The number of rotatable bonds is 4. The van der Waals surface area contributed by atoms with Crippen LogP contribution in [0.5, 0.6) is 0 Å². The van der Waals surface area contributed by atoms with E-state index in [1.54, 1.807) is 24.9 Å². The number of nitrogens with two attached hydrogens (primary N) is 2. The van der Waals surface area contributed by atoms with E-state index in [0.29, 0.717) is 17.9 Å². The van der Waals surface area contributed by atoms with Gasteiger partial charge in [-0.1, -0.05) is 0 Å². The predicted octanol–water partition coefficient (Wildman–Crippen LogP) is 0.512. The van der Waals surface area contributed by atoms with E-state index in [0.717, 1.165) is 0 Å². The van der Waals surface area contributed by atoms with E-state index in [2.05, 4.69) is 6.07 Å². The van der Waals surface area contributed by atoms with Gasteiger partial charge in [0.2, 0.25) is 10.0 Å². The summed E-state index contributed by atoms with van der Waals surface area (Å²) in [6.45, 7) is 2.31. The molecular formula is C11H16N4O2S. The van der Waals surface area contributed by atoms with E-state index < -0.39 is 10.0 Å². The van der Waals surface area contributed by atoms with Crippen molar-refractivity contribution < 1.29 is 8.42 Å². The molecule has 98 valence electrons. The molecule has 0 spiro atoms. The number of primary sulfonamides is 1. The van der Waals surface area contributed by atoms with Gasteiger partial charge in [-0.2, -0.15) is 5.26 Å². The summed E-state index contributed by atoms with van der Waals surface area (Å²) in [7, 11) is -1.96. The van der Waals surface area contributed by atoms with Crippen LogP contribution in [0.2, 0.25) is 0 Å². The summed E-state index contributed by atoms with van der Waals surface area (Å²) in [4.78, 5) is 1.78. The molecule has 7 heteroatoms. The van der Waals surface area contributed by atoms with Gasteiger partial charge in [-0.25, -0.2) is 13.6 Å². The van der Waals surface area contributed by atoms with Gasteiger partial charge in [0.1, 0.15) is 0 Å². The lowest BCUT2D eigenvalue weighted by molar-refractivity contribution is 0.598. The van der Waals surface area contributed by atoms with Crippen molar-refractivity contribution in [3.8, 4) is 6.07 Å². The normalized spacial score (nSPS) is 12.8. The predicted molar refractivity (Wildman–Crippen MR) is 70.3 cm³/mol. The first-order chi connectivity index (χ1) is 8.25. The Morgan fingerprint density at radius 1 is 1.50 bits per heavy atom. The zero-order valence-corrected chi connectivity index (χ0v) is 11.1. The van der Waals surface area contributed by atoms with Crippen LogP contribution in [0.1, 0.15) is 6.92 Å². The van der Waals surface area contributed by atoms with Crippen molar-refractivity contribution in [2.24, 2.45) is 11.1 Å². The first-order valence-electron chi connectivity index (χ1n) is 5.28. The van der Waals surface area contributed by atoms with Gasteiger partial charge in [0, 0.05) is 13.6 Å². The summed E-state index contributed by atoms with van der Waals surface area (Å²) < 4.78 is 22.3. The maximum Gasteiger partial charge on any atom is 0.238 e. The van der Waals surface area contributed by atoms with Gasteiger partial charge >= 0.3 is 0 Å². The maximum absolute atomic E-state index is 11.2. The van der Waals surface area contributed by atoms with E-state index in [1.807, 2.05) is 0 Å². The molecule has 1 aromatic rings. The fraction of sp³-hybridized carbons (Fsp3) is 0.364. The van der Waals surface area contributed by atoms with Crippen molar-refractivity contribution in [2.75, 3.05) is 24.2 Å². The highest BCUT2D eigenvalue weighted by Crippen LogP contribution is 2.25. The second kappa shape index (κ2) is 5.25. The fourth-order valence-corrected chi connectivity index (χ4v) is 2.16. The van der Waals surface area contributed by atoms with Crippen LogP contribution in [0.4, 0.5) is 11.4 Å². The number of sulfonamides is 1. The standard InChI is InChI=1S/C11H16N4O2S/c1-8(6-12)7-15(2)11-4-3-9(5-10(11)13)18(14,16)17/h3-5,8H,7,13H2,1-2H3,(H2,14,16,17). The lowest BCUT2D eigenvalue weighted by Gasteiger charge is -2.22.